The van der Waals surface area contributed by atoms with Crippen molar-refractivity contribution >= 4 is 5.91 Å². The van der Waals surface area contributed by atoms with Crippen molar-refractivity contribution in [2.24, 2.45) is 0 Å². The van der Waals surface area contributed by atoms with Crippen molar-refractivity contribution in [1.82, 2.24) is 9.88 Å². The van der Waals surface area contributed by atoms with Crippen LogP contribution in [0.25, 0.3) is 0 Å². The number of ether oxygens (including phenoxy) is 1. The van der Waals surface area contributed by atoms with Crippen molar-refractivity contribution in [2.75, 3.05) is 20.2 Å². The van der Waals surface area contributed by atoms with Crippen LogP contribution < -0.4 is 4.74 Å². The summed E-state index contributed by atoms with van der Waals surface area (Å²) in [5, 5.41) is 10.3. The van der Waals surface area contributed by atoms with Gasteiger partial charge in [-0.2, -0.15) is 0 Å². The number of alkyl halides is 2. The number of likely N-dealkylation sites (N-methyl/N-ethyl adjacent to an activating group) is 1. The van der Waals surface area contributed by atoms with Crippen LogP contribution in [-0.4, -0.2) is 53.1 Å². The lowest BCUT2D eigenvalue weighted by atomic mass is 10.0. The maximum Gasteiger partial charge on any atom is 0.272 e. The third-order valence-corrected chi connectivity index (χ3v) is 3.75. The Bertz CT molecular complexity index is 519. The van der Waals surface area contributed by atoms with Crippen molar-refractivity contribution in [1.29, 1.82) is 0 Å². The van der Waals surface area contributed by atoms with Crippen LogP contribution in [0.15, 0.2) is 18.3 Å². The van der Waals surface area contributed by atoms with Crippen LogP contribution in [0.1, 0.15) is 36.0 Å². The van der Waals surface area contributed by atoms with Crippen molar-refractivity contribution in [3.63, 3.8) is 0 Å². The first kappa shape index (κ1) is 16.6. The molecule has 0 aromatic carbocycles. The van der Waals surface area contributed by atoms with E-state index in [2.05, 4.69) is 4.98 Å². The van der Waals surface area contributed by atoms with E-state index >= 15 is 0 Å². The van der Waals surface area contributed by atoms with Crippen molar-refractivity contribution in [2.45, 2.75) is 37.7 Å². The summed E-state index contributed by atoms with van der Waals surface area (Å²) >= 11 is 0. The maximum absolute atomic E-state index is 12.3. The predicted octanol–water partition coefficient (Wildman–Crippen LogP) is 2.10. The van der Waals surface area contributed by atoms with Crippen LogP contribution in [0, 0.1) is 0 Å². The summed E-state index contributed by atoms with van der Waals surface area (Å²) in [5.74, 6) is -0.316. The van der Waals surface area contributed by atoms with E-state index in [9.17, 15) is 18.7 Å². The molecule has 1 fully saturated rings. The second-order valence-corrected chi connectivity index (χ2v) is 5.68. The predicted molar refractivity (Wildman–Crippen MR) is 76.1 cm³/mol. The van der Waals surface area contributed by atoms with Gasteiger partial charge in [0.25, 0.3) is 12.3 Å². The Labute approximate surface area is 127 Å². The highest BCUT2D eigenvalue weighted by molar-refractivity contribution is 5.94. The fourth-order valence-electron chi connectivity index (χ4n) is 2.69. The van der Waals surface area contributed by atoms with Crippen LogP contribution in [0.3, 0.4) is 0 Å². The summed E-state index contributed by atoms with van der Waals surface area (Å²) in [6.07, 6.45) is 2.03. The van der Waals surface area contributed by atoms with Gasteiger partial charge >= 0.3 is 0 Å². The summed E-state index contributed by atoms with van der Waals surface area (Å²) < 4.78 is 29.1. The third kappa shape index (κ3) is 4.37. The van der Waals surface area contributed by atoms with Crippen LogP contribution in [-0.2, 0) is 0 Å². The molecule has 1 amide bonds. The summed E-state index contributed by atoms with van der Waals surface area (Å²) in [6, 6.07) is 2.83. The minimum absolute atomic E-state index is 0.0147. The van der Waals surface area contributed by atoms with Gasteiger partial charge in [0.2, 0.25) is 5.88 Å². The minimum atomic E-state index is -2.60. The van der Waals surface area contributed by atoms with Gasteiger partial charge in [-0.15, -0.1) is 0 Å². The average molecular weight is 314 g/mol. The molecule has 1 aromatic heterocycles. The van der Waals surface area contributed by atoms with E-state index in [1.807, 2.05) is 0 Å². The van der Waals surface area contributed by atoms with Gasteiger partial charge in [0, 0.05) is 31.4 Å². The molecule has 0 unspecified atom stereocenters. The normalized spacial score (nSPS) is 16.8. The molecule has 0 aliphatic heterocycles. The van der Waals surface area contributed by atoms with Gasteiger partial charge in [-0.05, 0) is 18.9 Å². The van der Waals surface area contributed by atoms with Crippen LogP contribution >= 0.6 is 0 Å². The highest BCUT2D eigenvalue weighted by Crippen LogP contribution is 2.30. The molecule has 22 heavy (non-hydrogen) atoms. The summed E-state index contributed by atoms with van der Waals surface area (Å²) in [5.41, 5.74) is -0.532. The molecule has 1 N–H and O–H groups in total. The van der Waals surface area contributed by atoms with Crippen molar-refractivity contribution in [3.05, 3.63) is 23.9 Å². The van der Waals surface area contributed by atoms with Gasteiger partial charge in [0.1, 0.15) is 0 Å². The van der Waals surface area contributed by atoms with Gasteiger partial charge in [0.05, 0.1) is 5.60 Å². The number of aromatic nitrogens is 1. The number of hydrogen-bond donors (Lipinski definition) is 1. The Morgan fingerprint density at radius 3 is 2.82 bits per heavy atom. The molecule has 5 nitrogen and oxygen atoms in total. The molecule has 1 aliphatic carbocycles. The van der Waals surface area contributed by atoms with E-state index in [4.69, 9.17) is 4.74 Å². The van der Waals surface area contributed by atoms with Gasteiger partial charge in [-0.25, -0.2) is 13.8 Å². The first-order valence-corrected chi connectivity index (χ1v) is 7.24. The summed E-state index contributed by atoms with van der Waals surface area (Å²) in [7, 11) is 1.61. The molecular weight excluding hydrogens is 294 g/mol. The molecule has 1 aromatic rings. The molecule has 0 atom stereocenters. The Kier molecular flexibility index (Phi) is 5.28. The Morgan fingerprint density at radius 2 is 2.18 bits per heavy atom. The number of nitrogens with zero attached hydrogens (tertiary/aromatic N) is 2. The quantitative estimate of drug-likeness (QED) is 0.873. The first-order valence-electron chi connectivity index (χ1n) is 7.24. The van der Waals surface area contributed by atoms with Gasteiger partial charge < -0.3 is 14.7 Å². The number of hydrogen-bond acceptors (Lipinski definition) is 4. The zero-order valence-electron chi connectivity index (χ0n) is 12.5. The minimum Gasteiger partial charge on any atom is -0.472 e. The highest BCUT2D eigenvalue weighted by atomic mass is 19.3. The molecule has 1 saturated carbocycles. The molecule has 1 heterocycles. The fourth-order valence-corrected chi connectivity index (χ4v) is 2.69. The Morgan fingerprint density at radius 1 is 1.50 bits per heavy atom. The maximum atomic E-state index is 12.3. The second-order valence-electron chi connectivity index (χ2n) is 5.68. The summed E-state index contributed by atoms with van der Waals surface area (Å²) in [6.45, 7) is -0.512. The molecule has 0 radical (unpaired) electrons. The van der Waals surface area contributed by atoms with Gasteiger partial charge in [0.15, 0.2) is 6.61 Å². The van der Waals surface area contributed by atoms with Crippen molar-refractivity contribution in [3.8, 4) is 5.88 Å². The zero-order valence-corrected chi connectivity index (χ0v) is 12.5. The Hall–Kier alpha value is -1.76. The largest absolute Gasteiger partial charge is 0.472 e. The first-order chi connectivity index (χ1) is 10.4. The van der Waals surface area contributed by atoms with E-state index in [1.54, 1.807) is 7.05 Å². The third-order valence-electron chi connectivity index (χ3n) is 3.75. The fraction of sp³-hybridized carbons (Fsp3) is 0.600. The SMILES string of the molecule is CN(CC1(O)CCCC1)C(=O)c1ccnc(OCC(F)F)c1. The number of aliphatic hydroxyl groups is 1. The lowest BCUT2D eigenvalue weighted by molar-refractivity contribution is 0.0156. The van der Waals surface area contributed by atoms with E-state index < -0.39 is 18.6 Å². The van der Waals surface area contributed by atoms with E-state index in [1.165, 1.54) is 23.2 Å². The Balaban J connectivity index is 2.00. The molecule has 7 heteroatoms. The molecule has 122 valence electrons. The van der Waals surface area contributed by atoms with Gasteiger partial charge in [-0.3, -0.25) is 4.79 Å². The van der Waals surface area contributed by atoms with E-state index in [0.29, 0.717) is 18.4 Å². The van der Waals surface area contributed by atoms with Gasteiger partial charge in [-0.1, -0.05) is 12.8 Å². The smallest absolute Gasteiger partial charge is 0.272 e. The number of carbonyl (C=O) groups excluding carboxylic acids is 1. The van der Waals surface area contributed by atoms with Crippen LogP contribution in [0.2, 0.25) is 0 Å². The number of halogens is 2. The van der Waals surface area contributed by atoms with E-state index in [-0.39, 0.29) is 18.3 Å². The molecular formula is C15H20F2N2O3. The average Bonchev–Trinajstić information content (AvgIpc) is 2.91. The zero-order chi connectivity index (χ0) is 16.2. The number of rotatable bonds is 6. The molecule has 0 bridgehead atoms. The lowest BCUT2D eigenvalue weighted by Gasteiger charge is -2.28. The molecule has 2 rings (SSSR count). The summed E-state index contributed by atoms with van der Waals surface area (Å²) in [4.78, 5) is 17.6. The van der Waals surface area contributed by atoms with Crippen molar-refractivity contribution < 1.29 is 23.4 Å². The molecule has 0 spiro atoms. The second kappa shape index (κ2) is 7.00. The topological polar surface area (TPSA) is 62.7 Å². The number of pyridine rings is 1. The van der Waals surface area contributed by atoms with Crippen LogP contribution in [0.4, 0.5) is 8.78 Å². The molecule has 1 aliphatic rings. The monoisotopic (exact) mass is 314 g/mol. The van der Waals surface area contributed by atoms with E-state index in [0.717, 1.165) is 12.8 Å². The standard InChI is InChI=1S/C15H20F2N2O3/c1-19(10-15(21)5-2-3-6-15)14(20)11-4-7-18-13(8-11)22-9-12(16)17/h4,7-8,12,21H,2-3,5-6,9-10H2,1H3. The lowest BCUT2D eigenvalue weighted by Crippen LogP contribution is -2.42. The number of carbonyl (C=O) groups is 1. The molecule has 0 saturated heterocycles. The van der Waals surface area contributed by atoms with Crippen LogP contribution in [0.5, 0.6) is 5.88 Å². The number of amides is 1. The highest BCUT2D eigenvalue weighted by Gasteiger charge is 2.33.